The Bertz CT molecular complexity index is 141. The van der Waals surface area contributed by atoms with Crippen LogP contribution in [0, 0.1) is 0 Å². The third-order valence-electron chi connectivity index (χ3n) is 0.733. The topological polar surface area (TPSA) is 0 Å². The van der Waals surface area contributed by atoms with Crippen LogP contribution in [-0.4, -0.2) is 23.1 Å². The largest absolute Gasteiger partial charge is 0.316 e. The van der Waals surface area contributed by atoms with E-state index in [4.69, 9.17) is 11.6 Å². The molecule has 0 aliphatic rings. The van der Waals surface area contributed by atoms with E-state index in [9.17, 15) is 0 Å². The lowest BCUT2D eigenvalue weighted by atomic mass is 10.4. The second kappa shape index (κ2) is 6.68. The van der Waals surface area contributed by atoms with Gasteiger partial charge in [-0.05, 0) is 12.1 Å². The molecule has 0 radical (unpaired) electrons. The van der Waals surface area contributed by atoms with Crippen molar-refractivity contribution in [2.24, 2.45) is 0 Å². The van der Waals surface area contributed by atoms with Crippen molar-refractivity contribution in [2.75, 3.05) is 0 Å². The van der Waals surface area contributed by atoms with Crippen molar-refractivity contribution in [1.82, 2.24) is 0 Å². The van der Waals surface area contributed by atoms with Crippen molar-refractivity contribution in [3.8, 4) is 0 Å². The summed E-state index contributed by atoms with van der Waals surface area (Å²) in [7, 11) is 0. The lowest BCUT2D eigenvalue weighted by Gasteiger charge is -1.80. The summed E-state index contributed by atoms with van der Waals surface area (Å²) >= 11 is 5.54. The van der Waals surface area contributed by atoms with Crippen molar-refractivity contribution < 1.29 is 0 Å². The molecule has 0 heterocycles. The first-order valence-corrected chi connectivity index (χ1v) is 2.48. The van der Waals surface area contributed by atoms with Crippen molar-refractivity contribution in [1.29, 1.82) is 0 Å². The van der Waals surface area contributed by atoms with Crippen LogP contribution >= 0.6 is 24.0 Å². The molecule has 9 heavy (non-hydrogen) atoms. The van der Waals surface area contributed by atoms with Crippen molar-refractivity contribution in [3.05, 3.63) is 35.4 Å². The number of halogens is 2. The van der Waals surface area contributed by atoms with E-state index in [1.807, 2.05) is 30.3 Å². The molecule has 48 valence electrons. The predicted molar refractivity (Wildman–Crippen MR) is 47.2 cm³/mol. The maximum absolute atomic E-state index is 5.54. The first-order valence-electron chi connectivity index (χ1n) is 2.10. The Labute approximate surface area is 82.2 Å². The van der Waals surface area contributed by atoms with E-state index in [0.29, 0.717) is 0 Å². The highest BCUT2D eigenvalue weighted by Crippen LogP contribution is 2.03. The molecule has 1 aromatic rings. The van der Waals surface area contributed by atoms with Crippen molar-refractivity contribution in [2.45, 2.75) is 0 Å². The fraction of sp³-hybridized carbons (Fsp3) is 0. The molecule has 0 saturated carbocycles. The second-order valence-corrected chi connectivity index (χ2v) is 1.73. The zero-order valence-corrected chi connectivity index (χ0v) is 5.75. The monoisotopic (exact) mass is 174 g/mol. The summed E-state index contributed by atoms with van der Waals surface area (Å²) in [4.78, 5) is 0. The maximum atomic E-state index is 5.54. The second-order valence-electron chi connectivity index (χ2n) is 1.30. The van der Waals surface area contributed by atoms with Gasteiger partial charge in [-0.25, -0.2) is 0 Å². The first-order chi connectivity index (χ1) is 3.39. The maximum Gasteiger partial charge on any atom is 0.316 e. The van der Waals surface area contributed by atoms with Crippen LogP contribution in [0.2, 0.25) is 5.02 Å². The summed E-state index contributed by atoms with van der Waals surface area (Å²) in [5.74, 6) is 0. The summed E-state index contributed by atoms with van der Waals surface area (Å²) in [5, 5.41) is 0.794. The average Bonchev–Trinajstić information content (AvgIpc) is 1.69. The smallest absolute Gasteiger partial charge is 0.147 e. The van der Waals surface area contributed by atoms with Gasteiger partial charge in [-0.3, -0.25) is 0 Å². The van der Waals surface area contributed by atoms with Gasteiger partial charge in [0.25, 0.3) is 0 Å². The molecule has 0 aliphatic carbocycles. The van der Waals surface area contributed by atoms with E-state index >= 15 is 0 Å². The molecule has 0 saturated heterocycles. The molecule has 0 fully saturated rings. The zero-order valence-electron chi connectivity index (χ0n) is 4.17. The molecule has 0 atom stereocenters. The molecule has 1 aromatic carbocycles. The summed E-state index contributed by atoms with van der Waals surface area (Å²) in [6.07, 6.45) is 0. The van der Waals surface area contributed by atoms with Crippen LogP contribution in [0.25, 0.3) is 0 Å². The minimum absolute atomic E-state index is 0. The zero-order chi connectivity index (χ0) is 5.11. The SMILES string of the molecule is Cl.Clc1ccccc1.[MgH2]. The third-order valence-corrected chi connectivity index (χ3v) is 0.985. The quantitative estimate of drug-likeness (QED) is 0.528. The molecule has 0 N–H and O–H groups in total. The molecular formula is C6H8Cl2Mg. The number of hydrogen-bond acceptors (Lipinski definition) is 0. The number of benzene rings is 1. The summed E-state index contributed by atoms with van der Waals surface area (Å²) in [6, 6.07) is 9.44. The van der Waals surface area contributed by atoms with Gasteiger partial charge in [-0.1, -0.05) is 29.8 Å². The molecule has 3 heteroatoms. The minimum atomic E-state index is 0. The van der Waals surface area contributed by atoms with Crippen molar-refractivity contribution >= 4 is 47.1 Å². The molecule has 0 aliphatic heterocycles. The lowest BCUT2D eigenvalue weighted by Crippen LogP contribution is -1.55. The van der Waals surface area contributed by atoms with Gasteiger partial charge in [0, 0.05) is 5.02 Å². The van der Waals surface area contributed by atoms with Crippen LogP contribution in [0.15, 0.2) is 30.3 Å². The lowest BCUT2D eigenvalue weighted by molar-refractivity contribution is 1.71. The first kappa shape index (κ1) is 12.3. The van der Waals surface area contributed by atoms with Crippen LogP contribution in [0.3, 0.4) is 0 Å². The molecule has 0 spiro atoms. The fourth-order valence-electron chi connectivity index (χ4n) is 0.415. The van der Waals surface area contributed by atoms with Gasteiger partial charge in [-0.15, -0.1) is 12.4 Å². The normalized spacial score (nSPS) is 6.78. The minimum Gasteiger partial charge on any atom is -0.147 e. The average molecular weight is 175 g/mol. The number of hydrogen-bond donors (Lipinski definition) is 0. The van der Waals surface area contributed by atoms with Crippen molar-refractivity contribution in [3.63, 3.8) is 0 Å². The summed E-state index contributed by atoms with van der Waals surface area (Å²) in [6.45, 7) is 0. The highest BCUT2D eigenvalue weighted by Gasteiger charge is 1.74. The molecule has 0 amide bonds. The molecular weight excluding hydrogens is 167 g/mol. The summed E-state index contributed by atoms with van der Waals surface area (Å²) < 4.78 is 0. The number of rotatable bonds is 0. The Morgan fingerprint density at radius 3 is 1.67 bits per heavy atom. The Morgan fingerprint density at radius 1 is 1.00 bits per heavy atom. The van der Waals surface area contributed by atoms with E-state index < -0.39 is 0 Å². The van der Waals surface area contributed by atoms with E-state index in [1.165, 1.54) is 0 Å². The van der Waals surface area contributed by atoms with Crippen LogP contribution in [0.5, 0.6) is 0 Å². The van der Waals surface area contributed by atoms with Gasteiger partial charge in [0.05, 0.1) is 0 Å². The van der Waals surface area contributed by atoms with Gasteiger partial charge in [0.1, 0.15) is 0 Å². The molecule has 0 bridgehead atoms. The van der Waals surface area contributed by atoms with E-state index in [0.717, 1.165) is 5.02 Å². The van der Waals surface area contributed by atoms with Gasteiger partial charge < -0.3 is 0 Å². The van der Waals surface area contributed by atoms with Crippen LogP contribution in [-0.2, 0) is 0 Å². The summed E-state index contributed by atoms with van der Waals surface area (Å²) in [5.41, 5.74) is 0. The van der Waals surface area contributed by atoms with E-state index in [2.05, 4.69) is 0 Å². The van der Waals surface area contributed by atoms with Crippen LogP contribution in [0.1, 0.15) is 0 Å². The van der Waals surface area contributed by atoms with Crippen LogP contribution in [0.4, 0.5) is 0 Å². The van der Waals surface area contributed by atoms with E-state index in [1.54, 1.807) is 0 Å². The molecule has 0 nitrogen and oxygen atoms in total. The Kier molecular flexibility index (Phi) is 9.11. The van der Waals surface area contributed by atoms with Gasteiger partial charge in [-0.2, -0.15) is 0 Å². The standard InChI is InChI=1S/C6H5Cl.ClH.Mg.2H/c7-6-4-2-1-3-5-6;;;;/h1-5H;1H;;;. The van der Waals surface area contributed by atoms with E-state index in [-0.39, 0.29) is 35.5 Å². The Hall–Kier alpha value is 0.566. The Balaban J connectivity index is 0. The molecule has 1 rings (SSSR count). The third kappa shape index (κ3) is 5.03. The highest BCUT2D eigenvalue weighted by molar-refractivity contribution is 6.30. The van der Waals surface area contributed by atoms with Gasteiger partial charge in [0.2, 0.25) is 0 Å². The predicted octanol–water partition coefficient (Wildman–Crippen LogP) is 1.85. The highest BCUT2D eigenvalue weighted by atomic mass is 35.5. The van der Waals surface area contributed by atoms with Gasteiger partial charge in [0.15, 0.2) is 0 Å². The Morgan fingerprint density at radius 2 is 1.44 bits per heavy atom. The van der Waals surface area contributed by atoms with Crippen LogP contribution < -0.4 is 0 Å². The van der Waals surface area contributed by atoms with Gasteiger partial charge >= 0.3 is 23.1 Å². The fourth-order valence-corrected chi connectivity index (χ4v) is 0.560. The molecule has 0 unspecified atom stereocenters. The molecule has 0 aromatic heterocycles.